The molecule has 0 bridgehead atoms. The molecular weight excluding hydrogens is 332 g/mol. The molecule has 0 radical (unpaired) electrons. The van der Waals surface area contributed by atoms with Gasteiger partial charge in [-0.25, -0.2) is 0 Å². The first-order valence-electron chi connectivity index (χ1n) is 6.67. The third-order valence-electron chi connectivity index (χ3n) is 3.23. The zero-order chi connectivity index (χ0) is 15.2. The molecule has 5 heteroatoms. The Balaban J connectivity index is 2.04. The van der Waals surface area contributed by atoms with Crippen molar-refractivity contribution < 1.29 is 9.47 Å². The Bertz CT molecular complexity index is 617. The largest absolute Gasteiger partial charge is 0.493 e. The molecule has 0 aliphatic carbocycles. The van der Waals surface area contributed by atoms with E-state index >= 15 is 0 Å². The van der Waals surface area contributed by atoms with Gasteiger partial charge in [-0.05, 0) is 52.2 Å². The van der Waals surface area contributed by atoms with E-state index < -0.39 is 0 Å². The summed E-state index contributed by atoms with van der Waals surface area (Å²) in [6.45, 7) is 3.53. The molecule has 21 heavy (non-hydrogen) atoms. The number of ether oxygens (including phenoxy) is 2. The van der Waals surface area contributed by atoms with Crippen LogP contribution in [-0.2, 0) is 13.1 Å². The molecule has 0 saturated heterocycles. The highest BCUT2D eigenvalue weighted by Crippen LogP contribution is 2.36. The Morgan fingerprint density at radius 1 is 1.19 bits per heavy atom. The molecule has 0 aliphatic rings. The van der Waals surface area contributed by atoms with Gasteiger partial charge in [-0.3, -0.25) is 4.98 Å². The topological polar surface area (TPSA) is 43.4 Å². The summed E-state index contributed by atoms with van der Waals surface area (Å²) in [7, 11) is 3.27. The van der Waals surface area contributed by atoms with Gasteiger partial charge in [0.15, 0.2) is 11.5 Å². The molecule has 0 spiro atoms. The fraction of sp³-hybridized carbons (Fsp3) is 0.312. The Hall–Kier alpha value is -1.59. The zero-order valence-electron chi connectivity index (χ0n) is 12.4. The van der Waals surface area contributed by atoms with Crippen LogP contribution in [0.2, 0.25) is 0 Å². The van der Waals surface area contributed by atoms with Gasteiger partial charge in [-0.15, -0.1) is 0 Å². The van der Waals surface area contributed by atoms with Crippen molar-refractivity contribution in [2.45, 2.75) is 20.0 Å². The third-order valence-corrected chi connectivity index (χ3v) is 3.82. The minimum absolute atomic E-state index is 0.710. The van der Waals surface area contributed by atoms with Gasteiger partial charge < -0.3 is 14.8 Å². The van der Waals surface area contributed by atoms with Crippen LogP contribution < -0.4 is 14.8 Å². The van der Waals surface area contributed by atoms with E-state index in [1.165, 1.54) is 5.56 Å². The number of hydrogen-bond acceptors (Lipinski definition) is 4. The number of methoxy groups -OCH3 is 2. The van der Waals surface area contributed by atoms with E-state index in [0.717, 1.165) is 34.6 Å². The molecule has 0 saturated carbocycles. The van der Waals surface area contributed by atoms with E-state index in [9.17, 15) is 0 Å². The predicted octanol–water partition coefficient (Wildman–Crippen LogP) is 3.46. The quantitative estimate of drug-likeness (QED) is 0.866. The Labute approximate surface area is 133 Å². The molecule has 4 nitrogen and oxygen atoms in total. The second kappa shape index (κ2) is 7.43. The number of benzene rings is 1. The van der Waals surface area contributed by atoms with Crippen molar-refractivity contribution in [3.8, 4) is 11.5 Å². The van der Waals surface area contributed by atoms with Crippen molar-refractivity contribution in [1.29, 1.82) is 0 Å². The van der Waals surface area contributed by atoms with Gasteiger partial charge in [0.25, 0.3) is 0 Å². The van der Waals surface area contributed by atoms with Crippen LogP contribution in [-0.4, -0.2) is 19.2 Å². The maximum atomic E-state index is 5.35. The summed E-state index contributed by atoms with van der Waals surface area (Å²) < 4.78 is 11.5. The minimum atomic E-state index is 0.710. The van der Waals surface area contributed by atoms with Crippen LogP contribution in [0.15, 0.2) is 34.9 Å². The van der Waals surface area contributed by atoms with Gasteiger partial charge in [0.1, 0.15) is 0 Å². The second-order valence-corrected chi connectivity index (χ2v) is 5.54. The molecule has 2 rings (SSSR count). The molecule has 112 valence electrons. The molecular formula is C16H19BrN2O2. The minimum Gasteiger partial charge on any atom is -0.493 e. The second-order valence-electron chi connectivity index (χ2n) is 4.68. The van der Waals surface area contributed by atoms with Crippen molar-refractivity contribution in [2.75, 3.05) is 14.2 Å². The number of pyridine rings is 1. The van der Waals surface area contributed by atoms with Crippen LogP contribution in [0.4, 0.5) is 0 Å². The average Bonchev–Trinajstić information content (AvgIpc) is 2.48. The van der Waals surface area contributed by atoms with Crippen LogP contribution in [0.3, 0.4) is 0 Å². The van der Waals surface area contributed by atoms with E-state index in [-0.39, 0.29) is 0 Å². The van der Waals surface area contributed by atoms with E-state index in [2.05, 4.69) is 39.2 Å². The number of aryl methyl sites for hydroxylation is 1. The maximum absolute atomic E-state index is 5.35. The van der Waals surface area contributed by atoms with Crippen LogP contribution in [0, 0.1) is 6.92 Å². The monoisotopic (exact) mass is 350 g/mol. The molecule has 0 amide bonds. The first-order valence-corrected chi connectivity index (χ1v) is 7.46. The lowest BCUT2D eigenvalue weighted by Crippen LogP contribution is -2.14. The summed E-state index contributed by atoms with van der Waals surface area (Å²) in [5, 5.41) is 3.40. The van der Waals surface area contributed by atoms with Gasteiger partial charge in [-0.2, -0.15) is 0 Å². The standard InChI is InChI=1S/C16H19BrN2O2/c1-11-5-4-6-19-14(11)10-18-9-12-7-13(17)16(21-3)15(8-12)20-2/h4-8,18H,9-10H2,1-3H3. The first kappa shape index (κ1) is 15.8. The third kappa shape index (κ3) is 3.95. The normalized spacial score (nSPS) is 10.5. The summed E-state index contributed by atoms with van der Waals surface area (Å²) in [5.74, 6) is 1.43. The van der Waals surface area contributed by atoms with Crippen LogP contribution in [0.1, 0.15) is 16.8 Å². The van der Waals surface area contributed by atoms with Gasteiger partial charge >= 0.3 is 0 Å². The highest BCUT2D eigenvalue weighted by Gasteiger charge is 2.10. The molecule has 1 aromatic heterocycles. The van der Waals surface area contributed by atoms with E-state index in [4.69, 9.17) is 9.47 Å². The lowest BCUT2D eigenvalue weighted by molar-refractivity contribution is 0.352. The summed E-state index contributed by atoms with van der Waals surface area (Å²) in [6.07, 6.45) is 1.82. The van der Waals surface area contributed by atoms with Crippen molar-refractivity contribution in [1.82, 2.24) is 10.3 Å². The molecule has 0 aliphatic heterocycles. The number of aromatic nitrogens is 1. The van der Waals surface area contributed by atoms with Gasteiger partial charge in [0.2, 0.25) is 0 Å². The van der Waals surface area contributed by atoms with Gasteiger partial charge in [0.05, 0.1) is 24.4 Å². The number of rotatable bonds is 6. The highest BCUT2D eigenvalue weighted by atomic mass is 79.9. The van der Waals surface area contributed by atoms with Crippen molar-refractivity contribution in [3.05, 3.63) is 51.8 Å². The van der Waals surface area contributed by atoms with Crippen LogP contribution in [0.25, 0.3) is 0 Å². The summed E-state index contributed by atoms with van der Waals surface area (Å²) in [6, 6.07) is 8.02. The highest BCUT2D eigenvalue weighted by molar-refractivity contribution is 9.10. The molecule has 1 heterocycles. The molecule has 1 N–H and O–H groups in total. The fourth-order valence-corrected chi connectivity index (χ4v) is 2.75. The zero-order valence-corrected chi connectivity index (χ0v) is 14.0. The van der Waals surface area contributed by atoms with Crippen molar-refractivity contribution in [2.24, 2.45) is 0 Å². The van der Waals surface area contributed by atoms with Gasteiger partial charge in [0, 0.05) is 19.3 Å². The van der Waals surface area contributed by atoms with Crippen molar-refractivity contribution in [3.63, 3.8) is 0 Å². The maximum Gasteiger partial charge on any atom is 0.174 e. The number of nitrogens with zero attached hydrogens (tertiary/aromatic N) is 1. The molecule has 2 aromatic rings. The summed E-state index contributed by atoms with van der Waals surface area (Å²) in [4.78, 5) is 4.37. The average molecular weight is 351 g/mol. The predicted molar refractivity (Wildman–Crippen MR) is 86.8 cm³/mol. The Morgan fingerprint density at radius 3 is 2.67 bits per heavy atom. The smallest absolute Gasteiger partial charge is 0.174 e. The fourth-order valence-electron chi connectivity index (χ4n) is 2.10. The molecule has 0 fully saturated rings. The summed E-state index contributed by atoms with van der Waals surface area (Å²) in [5.41, 5.74) is 3.38. The molecule has 1 aromatic carbocycles. The Morgan fingerprint density at radius 2 is 2.00 bits per heavy atom. The van der Waals surface area contributed by atoms with E-state index in [0.29, 0.717) is 5.75 Å². The lowest BCUT2D eigenvalue weighted by atomic mass is 10.2. The number of nitrogens with one attached hydrogen (secondary N) is 1. The van der Waals surface area contributed by atoms with E-state index in [1.807, 2.05) is 24.4 Å². The van der Waals surface area contributed by atoms with Crippen molar-refractivity contribution >= 4 is 15.9 Å². The van der Waals surface area contributed by atoms with Crippen LogP contribution >= 0.6 is 15.9 Å². The molecule has 0 unspecified atom stereocenters. The lowest BCUT2D eigenvalue weighted by Gasteiger charge is -2.12. The molecule has 0 atom stereocenters. The van der Waals surface area contributed by atoms with E-state index in [1.54, 1.807) is 14.2 Å². The number of hydrogen-bond donors (Lipinski definition) is 1. The van der Waals surface area contributed by atoms with Crippen LogP contribution in [0.5, 0.6) is 11.5 Å². The van der Waals surface area contributed by atoms with Gasteiger partial charge in [-0.1, -0.05) is 6.07 Å². The Kier molecular flexibility index (Phi) is 5.59. The number of halogens is 1. The SMILES string of the molecule is COc1cc(CNCc2ncccc2C)cc(Br)c1OC. The summed E-state index contributed by atoms with van der Waals surface area (Å²) >= 11 is 3.50. The first-order chi connectivity index (χ1) is 10.2.